The zero-order valence-corrected chi connectivity index (χ0v) is 8.84. The van der Waals surface area contributed by atoms with Crippen molar-refractivity contribution in [2.24, 2.45) is 0 Å². The molecule has 76 valence electrons. The second-order valence-corrected chi connectivity index (χ2v) is 3.79. The molecule has 0 spiro atoms. The predicted molar refractivity (Wildman–Crippen MR) is 55.8 cm³/mol. The number of hydrogen-bond acceptors (Lipinski definition) is 3. The van der Waals surface area contributed by atoms with Gasteiger partial charge in [-0.3, -0.25) is 0 Å². The Kier molecular flexibility index (Phi) is 2.89. The van der Waals surface area contributed by atoms with Gasteiger partial charge in [0.05, 0.1) is 7.11 Å². The molecule has 1 aliphatic heterocycles. The van der Waals surface area contributed by atoms with Crippen LogP contribution >= 0.6 is 11.6 Å². The van der Waals surface area contributed by atoms with Crippen molar-refractivity contribution in [1.29, 1.82) is 0 Å². The van der Waals surface area contributed by atoms with E-state index in [4.69, 9.17) is 16.3 Å². The second-order valence-electron chi connectivity index (χ2n) is 3.40. The lowest BCUT2D eigenvalue weighted by atomic mass is 10.1. The van der Waals surface area contributed by atoms with Gasteiger partial charge >= 0.3 is 0 Å². The van der Waals surface area contributed by atoms with Crippen LogP contribution in [0.25, 0.3) is 0 Å². The lowest BCUT2D eigenvalue weighted by Gasteiger charge is -2.14. The summed E-state index contributed by atoms with van der Waals surface area (Å²) in [5.41, 5.74) is 1.11. The minimum Gasteiger partial charge on any atom is -0.496 e. The molecule has 1 atom stereocenters. The molecular weight excluding hydrogens is 200 g/mol. The van der Waals surface area contributed by atoms with Gasteiger partial charge in [0.25, 0.3) is 0 Å². The number of halogens is 1. The molecule has 3 nitrogen and oxygen atoms in total. The van der Waals surface area contributed by atoms with Gasteiger partial charge in [-0.1, -0.05) is 11.6 Å². The maximum atomic E-state index is 5.79. The fourth-order valence-corrected chi connectivity index (χ4v) is 1.96. The van der Waals surface area contributed by atoms with Crippen molar-refractivity contribution in [3.8, 4) is 5.75 Å². The summed E-state index contributed by atoms with van der Waals surface area (Å²) < 4.78 is 5.27. The van der Waals surface area contributed by atoms with Gasteiger partial charge < -0.3 is 10.1 Å². The van der Waals surface area contributed by atoms with Crippen LogP contribution in [0.4, 0.5) is 0 Å². The van der Waals surface area contributed by atoms with E-state index < -0.39 is 0 Å². The van der Waals surface area contributed by atoms with Crippen LogP contribution in [-0.4, -0.2) is 18.6 Å². The van der Waals surface area contributed by atoms with Crippen LogP contribution in [0.15, 0.2) is 12.3 Å². The van der Waals surface area contributed by atoms with Gasteiger partial charge in [0.1, 0.15) is 10.9 Å². The Morgan fingerprint density at radius 3 is 3.14 bits per heavy atom. The molecule has 0 amide bonds. The van der Waals surface area contributed by atoms with Gasteiger partial charge in [0.15, 0.2) is 0 Å². The first-order valence-electron chi connectivity index (χ1n) is 4.74. The number of rotatable bonds is 2. The van der Waals surface area contributed by atoms with E-state index in [0.717, 1.165) is 24.3 Å². The van der Waals surface area contributed by atoms with E-state index in [0.29, 0.717) is 11.2 Å². The van der Waals surface area contributed by atoms with E-state index in [1.807, 2.05) is 0 Å². The molecule has 1 saturated heterocycles. The van der Waals surface area contributed by atoms with Gasteiger partial charge in [0.2, 0.25) is 0 Å². The molecule has 0 aromatic carbocycles. The third kappa shape index (κ3) is 1.83. The van der Waals surface area contributed by atoms with Crippen molar-refractivity contribution in [2.45, 2.75) is 18.9 Å². The Balaban J connectivity index is 2.31. The van der Waals surface area contributed by atoms with Crippen LogP contribution < -0.4 is 10.1 Å². The standard InChI is InChI=1S/C10H13ClN2O/c1-14-9-5-10(11)13-6-7(9)8-3-2-4-12-8/h5-6,8,12H,2-4H2,1H3. The Morgan fingerprint density at radius 2 is 2.50 bits per heavy atom. The molecule has 1 aromatic rings. The van der Waals surface area contributed by atoms with Crippen molar-refractivity contribution < 1.29 is 4.74 Å². The van der Waals surface area contributed by atoms with Gasteiger partial charge in [-0.25, -0.2) is 4.98 Å². The number of hydrogen-bond donors (Lipinski definition) is 1. The highest BCUT2D eigenvalue weighted by Crippen LogP contribution is 2.31. The maximum absolute atomic E-state index is 5.79. The van der Waals surface area contributed by atoms with E-state index in [-0.39, 0.29) is 0 Å². The number of methoxy groups -OCH3 is 1. The zero-order valence-electron chi connectivity index (χ0n) is 8.09. The summed E-state index contributed by atoms with van der Waals surface area (Å²) in [6.07, 6.45) is 4.14. The number of ether oxygens (including phenoxy) is 1. The number of nitrogens with zero attached hydrogens (tertiary/aromatic N) is 1. The zero-order chi connectivity index (χ0) is 9.97. The smallest absolute Gasteiger partial charge is 0.132 e. The van der Waals surface area contributed by atoms with Crippen molar-refractivity contribution >= 4 is 11.6 Å². The van der Waals surface area contributed by atoms with Crippen LogP contribution in [0.3, 0.4) is 0 Å². The normalized spacial score (nSPS) is 21.1. The summed E-state index contributed by atoms with van der Waals surface area (Å²) in [6.45, 7) is 1.07. The Morgan fingerprint density at radius 1 is 1.64 bits per heavy atom. The number of nitrogens with one attached hydrogen (secondary N) is 1. The van der Waals surface area contributed by atoms with Gasteiger partial charge in [-0.05, 0) is 19.4 Å². The monoisotopic (exact) mass is 212 g/mol. The topological polar surface area (TPSA) is 34.1 Å². The first-order chi connectivity index (χ1) is 6.81. The van der Waals surface area contributed by atoms with Crippen molar-refractivity contribution in [2.75, 3.05) is 13.7 Å². The maximum Gasteiger partial charge on any atom is 0.132 e. The van der Waals surface area contributed by atoms with E-state index in [2.05, 4.69) is 10.3 Å². The average molecular weight is 213 g/mol. The summed E-state index contributed by atoms with van der Waals surface area (Å²) >= 11 is 5.79. The van der Waals surface area contributed by atoms with Crippen LogP contribution in [0.5, 0.6) is 5.75 Å². The molecule has 2 rings (SSSR count). The van der Waals surface area contributed by atoms with E-state index in [1.54, 1.807) is 19.4 Å². The molecule has 0 saturated carbocycles. The first-order valence-corrected chi connectivity index (χ1v) is 5.12. The van der Waals surface area contributed by atoms with Crippen LogP contribution in [0.1, 0.15) is 24.4 Å². The number of aromatic nitrogens is 1. The molecule has 0 radical (unpaired) electrons. The fraction of sp³-hybridized carbons (Fsp3) is 0.500. The third-order valence-electron chi connectivity index (χ3n) is 2.52. The molecule has 1 fully saturated rings. The molecule has 1 aliphatic rings. The Bertz CT molecular complexity index is 324. The molecule has 1 aromatic heterocycles. The minimum atomic E-state index is 0.370. The first kappa shape index (κ1) is 9.74. The molecule has 4 heteroatoms. The predicted octanol–water partition coefficient (Wildman–Crippen LogP) is 2.17. The molecule has 0 bridgehead atoms. The second kappa shape index (κ2) is 4.15. The highest BCUT2D eigenvalue weighted by Gasteiger charge is 2.20. The summed E-state index contributed by atoms with van der Waals surface area (Å²) in [6, 6.07) is 2.13. The van der Waals surface area contributed by atoms with Gasteiger partial charge in [-0.15, -0.1) is 0 Å². The Hall–Kier alpha value is -0.800. The molecule has 1 unspecified atom stereocenters. The van der Waals surface area contributed by atoms with E-state index in [9.17, 15) is 0 Å². The average Bonchev–Trinajstić information content (AvgIpc) is 2.70. The lowest BCUT2D eigenvalue weighted by molar-refractivity contribution is 0.402. The van der Waals surface area contributed by atoms with E-state index >= 15 is 0 Å². The summed E-state index contributed by atoms with van der Waals surface area (Å²) in [7, 11) is 1.66. The Labute approximate surface area is 88.4 Å². The third-order valence-corrected chi connectivity index (χ3v) is 2.72. The van der Waals surface area contributed by atoms with Crippen molar-refractivity contribution in [1.82, 2.24) is 10.3 Å². The van der Waals surface area contributed by atoms with Gasteiger partial charge in [0, 0.05) is 23.9 Å². The summed E-state index contributed by atoms with van der Waals surface area (Å²) in [5.74, 6) is 0.824. The molecule has 1 N–H and O–H groups in total. The van der Waals surface area contributed by atoms with E-state index in [1.165, 1.54) is 6.42 Å². The molecule has 14 heavy (non-hydrogen) atoms. The lowest BCUT2D eigenvalue weighted by Crippen LogP contribution is -2.14. The molecular formula is C10H13ClN2O. The number of pyridine rings is 1. The molecule has 2 heterocycles. The fourth-order valence-electron chi connectivity index (χ4n) is 1.81. The largest absolute Gasteiger partial charge is 0.496 e. The summed E-state index contributed by atoms with van der Waals surface area (Å²) in [5, 5.41) is 3.88. The van der Waals surface area contributed by atoms with Crippen LogP contribution in [0, 0.1) is 0 Å². The minimum absolute atomic E-state index is 0.370. The van der Waals surface area contributed by atoms with Crippen LogP contribution in [0.2, 0.25) is 5.15 Å². The molecule has 0 aliphatic carbocycles. The van der Waals surface area contributed by atoms with Crippen LogP contribution in [-0.2, 0) is 0 Å². The SMILES string of the molecule is COc1cc(Cl)ncc1C1CCCN1. The quantitative estimate of drug-likeness (QED) is 0.763. The van der Waals surface area contributed by atoms with Crippen molar-refractivity contribution in [3.63, 3.8) is 0 Å². The highest BCUT2D eigenvalue weighted by atomic mass is 35.5. The highest BCUT2D eigenvalue weighted by molar-refractivity contribution is 6.29. The summed E-state index contributed by atoms with van der Waals surface area (Å²) in [4.78, 5) is 4.08. The van der Waals surface area contributed by atoms with Crippen molar-refractivity contribution in [3.05, 3.63) is 23.0 Å². The van der Waals surface area contributed by atoms with Gasteiger partial charge in [-0.2, -0.15) is 0 Å².